The molecule has 0 aliphatic heterocycles. The fraction of sp³-hybridized carbons (Fsp3) is 0.600. The first-order valence-corrected chi connectivity index (χ1v) is 6.32. The highest BCUT2D eigenvalue weighted by Gasteiger charge is 2.13. The maximum Gasteiger partial charge on any atom is 0.0231 e. The zero-order valence-corrected chi connectivity index (χ0v) is 11.9. The Kier molecular flexibility index (Phi) is 5.16. The second-order valence-electron chi connectivity index (χ2n) is 6.08. The van der Waals surface area contributed by atoms with E-state index in [0.717, 1.165) is 19.6 Å². The van der Waals surface area contributed by atoms with E-state index in [9.17, 15) is 0 Å². The fourth-order valence-corrected chi connectivity index (χ4v) is 2.22. The molecule has 0 spiro atoms. The van der Waals surface area contributed by atoms with Gasteiger partial charge >= 0.3 is 0 Å². The molecule has 0 amide bonds. The topological polar surface area (TPSA) is 15.3 Å². The maximum absolute atomic E-state index is 3.19. The Morgan fingerprint density at radius 2 is 1.82 bits per heavy atom. The minimum absolute atomic E-state index is 0.358. The number of rotatable bonds is 5. The summed E-state index contributed by atoms with van der Waals surface area (Å²) in [6.45, 7) is 9.91. The summed E-state index contributed by atoms with van der Waals surface area (Å²) in [7, 11) is 4.17. The van der Waals surface area contributed by atoms with E-state index in [1.807, 2.05) is 7.05 Å². The molecule has 1 N–H and O–H groups in total. The van der Waals surface area contributed by atoms with Gasteiger partial charge < -0.3 is 10.2 Å². The number of hydrogen-bond donors (Lipinski definition) is 1. The predicted molar refractivity (Wildman–Crippen MR) is 75.0 cm³/mol. The molecule has 2 heteroatoms. The molecule has 0 saturated carbocycles. The van der Waals surface area contributed by atoms with Crippen LogP contribution in [0.1, 0.15) is 31.9 Å². The summed E-state index contributed by atoms with van der Waals surface area (Å²) in [6.07, 6.45) is 0. The molecule has 1 aromatic rings. The minimum atomic E-state index is 0.358. The van der Waals surface area contributed by atoms with E-state index in [1.165, 1.54) is 11.1 Å². The molecule has 2 nitrogen and oxygen atoms in total. The average Bonchev–Trinajstić information content (AvgIpc) is 2.15. The standard InChI is InChI=1S/C15H26N2/c1-15(2,3)12-17(5)11-14-8-6-7-13(9-14)10-16-4/h6-9,16H,10-12H2,1-5H3. The van der Waals surface area contributed by atoms with Gasteiger partial charge in [-0.1, -0.05) is 45.0 Å². The van der Waals surface area contributed by atoms with Gasteiger partial charge in [0.15, 0.2) is 0 Å². The molecule has 0 saturated heterocycles. The van der Waals surface area contributed by atoms with Crippen LogP contribution in [0.5, 0.6) is 0 Å². The first-order valence-electron chi connectivity index (χ1n) is 6.32. The third-order valence-corrected chi connectivity index (χ3v) is 2.57. The van der Waals surface area contributed by atoms with E-state index in [1.54, 1.807) is 0 Å². The lowest BCUT2D eigenvalue weighted by atomic mass is 9.96. The van der Waals surface area contributed by atoms with Crippen molar-refractivity contribution >= 4 is 0 Å². The largest absolute Gasteiger partial charge is 0.316 e. The highest BCUT2D eigenvalue weighted by molar-refractivity contribution is 5.23. The third kappa shape index (κ3) is 5.85. The van der Waals surface area contributed by atoms with E-state index in [-0.39, 0.29) is 0 Å². The first kappa shape index (κ1) is 14.2. The summed E-state index contributed by atoms with van der Waals surface area (Å²) in [5.74, 6) is 0. The number of benzene rings is 1. The summed E-state index contributed by atoms with van der Waals surface area (Å²) >= 11 is 0. The summed E-state index contributed by atoms with van der Waals surface area (Å²) < 4.78 is 0. The smallest absolute Gasteiger partial charge is 0.0231 e. The Bertz CT molecular complexity index is 339. The van der Waals surface area contributed by atoms with Gasteiger partial charge in [-0.25, -0.2) is 0 Å². The lowest BCUT2D eigenvalue weighted by Gasteiger charge is -2.26. The van der Waals surface area contributed by atoms with E-state index >= 15 is 0 Å². The maximum atomic E-state index is 3.19. The van der Waals surface area contributed by atoms with Crippen LogP contribution < -0.4 is 5.32 Å². The zero-order chi connectivity index (χ0) is 12.9. The Morgan fingerprint density at radius 3 is 2.41 bits per heavy atom. The molecule has 0 aliphatic rings. The van der Waals surface area contributed by atoms with Crippen molar-refractivity contribution in [1.29, 1.82) is 0 Å². The molecule has 1 rings (SSSR count). The summed E-state index contributed by atoms with van der Waals surface area (Å²) in [6, 6.07) is 8.81. The molecule has 96 valence electrons. The number of nitrogens with one attached hydrogen (secondary N) is 1. The molecule has 0 unspecified atom stereocenters. The number of hydrogen-bond acceptors (Lipinski definition) is 2. The van der Waals surface area contributed by atoms with Crippen LogP contribution in [0.2, 0.25) is 0 Å². The highest BCUT2D eigenvalue weighted by atomic mass is 15.1. The molecule has 0 aromatic heterocycles. The van der Waals surface area contributed by atoms with Crippen molar-refractivity contribution in [2.24, 2.45) is 5.41 Å². The van der Waals surface area contributed by atoms with Gasteiger partial charge in [-0.15, -0.1) is 0 Å². The Balaban J connectivity index is 2.58. The quantitative estimate of drug-likeness (QED) is 0.843. The van der Waals surface area contributed by atoms with Crippen LogP contribution in [-0.2, 0) is 13.1 Å². The van der Waals surface area contributed by atoms with Gasteiger partial charge in [0.2, 0.25) is 0 Å². The lowest BCUT2D eigenvalue weighted by Crippen LogP contribution is -2.28. The van der Waals surface area contributed by atoms with Crippen molar-refractivity contribution < 1.29 is 0 Å². The van der Waals surface area contributed by atoms with E-state index in [0.29, 0.717) is 5.41 Å². The molecule has 0 atom stereocenters. The molecule has 0 heterocycles. The molecule has 17 heavy (non-hydrogen) atoms. The average molecular weight is 234 g/mol. The molecule has 0 fully saturated rings. The van der Waals surface area contributed by atoms with Crippen LogP contribution in [0, 0.1) is 5.41 Å². The third-order valence-electron chi connectivity index (χ3n) is 2.57. The van der Waals surface area contributed by atoms with Crippen LogP contribution >= 0.6 is 0 Å². The first-order chi connectivity index (χ1) is 7.90. The van der Waals surface area contributed by atoms with Gasteiger partial charge in [-0.2, -0.15) is 0 Å². The van der Waals surface area contributed by atoms with Crippen LogP contribution in [0.4, 0.5) is 0 Å². The monoisotopic (exact) mass is 234 g/mol. The molecular weight excluding hydrogens is 208 g/mol. The summed E-state index contributed by atoms with van der Waals surface area (Å²) in [5, 5.41) is 3.19. The summed E-state index contributed by atoms with van der Waals surface area (Å²) in [5.41, 5.74) is 3.11. The minimum Gasteiger partial charge on any atom is -0.316 e. The SMILES string of the molecule is CNCc1cccc(CN(C)CC(C)(C)C)c1. The van der Waals surface area contributed by atoms with Crippen LogP contribution in [0.15, 0.2) is 24.3 Å². The van der Waals surface area contributed by atoms with Crippen molar-refractivity contribution in [3.05, 3.63) is 35.4 Å². The number of nitrogens with zero attached hydrogens (tertiary/aromatic N) is 1. The Hall–Kier alpha value is -0.860. The Labute approximate surface area is 106 Å². The van der Waals surface area contributed by atoms with Crippen molar-refractivity contribution in [1.82, 2.24) is 10.2 Å². The van der Waals surface area contributed by atoms with Gasteiger partial charge in [-0.3, -0.25) is 0 Å². The van der Waals surface area contributed by atoms with Crippen molar-refractivity contribution in [3.63, 3.8) is 0 Å². The van der Waals surface area contributed by atoms with Gasteiger partial charge in [0.05, 0.1) is 0 Å². The van der Waals surface area contributed by atoms with Crippen molar-refractivity contribution in [2.45, 2.75) is 33.9 Å². The van der Waals surface area contributed by atoms with Gasteiger partial charge in [0.25, 0.3) is 0 Å². The predicted octanol–water partition coefficient (Wildman–Crippen LogP) is 2.88. The highest BCUT2D eigenvalue weighted by Crippen LogP contribution is 2.16. The van der Waals surface area contributed by atoms with Gasteiger partial charge in [-0.05, 0) is 30.6 Å². The molecular formula is C15H26N2. The van der Waals surface area contributed by atoms with E-state index < -0.39 is 0 Å². The molecule has 0 aliphatic carbocycles. The van der Waals surface area contributed by atoms with E-state index in [4.69, 9.17) is 0 Å². The van der Waals surface area contributed by atoms with Crippen LogP contribution in [0.25, 0.3) is 0 Å². The molecule has 1 aromatic carbocycles. The van der Waals surface area contributed by atoms with Crippen LogP contribution in [-0.4, -0.2) is 25.5 Å². The zero-order valence-electron chi connectivity index (χ0n) is 11.9. The van der Waals surface area contributed by atoms with Gasteiger partial charge in [0, 0.05) is 19.6 Å². The van der Waals surface area contributed by atoms with Crippen molar-refractivity contribution in [3.8, 4) is 0 Å². The summed E-state index contributed by atoms with van der Waals surface area (Å²) in [4.78, 5) is 2.39. The normalized spacial score (nSPS) is 12.1. The lowest BCUT2D eigenvalue weighted by molar-refractivity contribution is 0.221. The van der Waals surface area contributed by atoms with Crippen LogP contribution in [0.3, 0.4) is 0 Å². The van der Waals surface area contributed by atoms with E-state index in [2.05, 4.69) is 62.3 Å². The molecule has 0 bridgehead atoms. The van der Waals surface area contributed by atoms with Crippen molar-refractivity contribution in [2.75, 3.05) is 20.6 Å². The van der Waals surface area contributed by atoms with Gasteiger partial charge in [0.1, 0.15) is 0 Å². The fourth-order valence-electron chi connectivity index (χ4n) is 2.22. The Morgan fingerprint density at radius 1 is 1.18 bits per heavy atom. The second-order valence-corrected chi connectivity index (χ2v) is 6.08. The second kappa shape index (κ2) is 6.18. The molecule has 0 radical (unpaired) electrons.